The minimum Gasteiger partial charge on any atom is -0.307 e. The second-order valence-electron chi connectivity index (χ2n) is 6.85. The fourth-order valence-electron chi connectivity index (χ4n) is 3.18. The Hall–Kier alpha value is -2.90. The third-order valence-electron chi connectivity index (χ3n) is 4.67. The molecule has 0 aliphatic carbocycles. The molecule has 0 radical (unpaired) electrons. The van der Waals surface area contributed by atoms with E-state index in [9.17, 15) is 4.79 Å². The summed E-state index contributed by atoms with van der Waals surface area (Å²) < 4.78 is 4.39. The number of hydrogen-bond donors (Lipinski definition) is 1. The standard InChI is InChI=1S/C22H19BrClN5O/c1-15-20(21(24)29(27-15)14-16-5-3-2-4-6-16)22(30)26-19-11-12-25-28(19)13-17-7-9-18(23)10-8-17/h2-12H,13-14H2,1H3,(H,26,30). The molecule has 4 aromatic rings. The number of nitrogens with zero attached hydrogens (tertiary/aromatic N) is 4. The molecule has 2 aromatic carbocycles. The normalized spacial score (nSPS) is 10.9. The van der Waals surface area contributed by atoms with Gasteiger partial charge in [0.05, 0.1) is 30.5 Å². The van der Waals surface area contributed by atoms with E-state index in [2.05, 4.69) is 31.4 Å². The minimum atomic E-state index is -0.311. The Labute approximate surface area is 187 Å². The Morgan fingerprint density at radius 2 is 1.67 bits per heavy atom. The van der Waals surface area contributed by atoms with Crippen LogP contribution >= 0.6 is 27.5 Å². The number of anilines is 1. The summed E-state index contributed by atoms with van der Waals surface area (Å²) in [4.78, 5) is 13.0. The molecule has 6 nitrogen and oxygen atoms in total. The molecule has 0 saturated carbocycles. The van der Waals surface area contributed by atoms with Gasteiger partial charge in [0.25, 0.3) is 5.91 Å². The lowest BCUT2D eigenvalue weighted by Gasteiger charge is -2.09. The van der Waals surface area contributed by atoms with E-state index in [1.807, 2.05) is 54.6 Å². The molecule has 0 bridgehead atoms. The number of benzene rings is 2. The number of hydrogen-bond acceptors (Lipinski definition) is 3. The number of rotatable bonds is 6. The molecule has 4 rings (SSSR count). The van der Waals surface area contributed by atoms with Crippen molar-refractivity contribution in [1.29, 1.82) is 0 Å². The SMILES string of the molecule is Cc1nn(Cc2ccccc2)c(Cl)c1C(=O)Nc1ccnn1Cc1ccc(Br)cc1. The molecule has 30 heavy (non-hydrogen) atoms. The van der Waals surface area contributed by atoms with E-state index in [1.165, 1.54) is 0 Å². The average Bonchev–Trinajstić information content (AvgIpc) is 3.27. The van der Waals surface area contributed by atoms with Crippen molar-refractivity contribution in [2.24, 2.45) is 0 Å². The van der Waals surface area contributed by atoms with Gasteiger partial charge in [0.1, 0.15) is 11.0 Å². The molecule has 0 aliphatic heterocycles. The molecule has 152 valence electrons. The maximum absolute atomic E-state index is 13.0. The molecule has 0 aliphatic rings. The molecular formula is C22H19BrClN5O. The predicted molar refractivity (Wildman–Crippen MR) is 121 cm³/mol. The highest BCUT2D eigenvalue weighted by atomic mass is 79.9. The van der Waals surface area contributed by atoms with Crippen molar-refractivity contribution in [3.63, 3.8) is 0 Å². The second kappa shape index (κ2) is 8.85. The third kappa shape index (κ3) is 4.47. The largest absolute Gasteiger partial charge is 0.307 e. The molecule has 0 spiro atoms. The molecular weight excluding hydrogens is 466 g/mol. The van der Waals surface area contributed by atoms with Crippen LogP contribution in [0.25, 0.3) is 0 Å². The summed E-state index contributed by atoms with van der Waals surface area (Å²) >= 11 is 9.94. The molecule has 2 heterocycles. The smallest absolute Gasteiger partial charge is 0.261 e. The van der Waals surface area contributed by atoms with Crippen molar-refractivity contribution in [2.75, 3.05) is 5.32 Å². The zero-order chi connectivity index (χ0) is 21.1. The minimum absolute atomic E-state index is 0.311. The van der Waals surface area contributed by atoms with Crippen molar-refractivity contribution >= 4 is 39.3 Å². The summed E-state index contributed by atoms with van der Waals surface area (Å²) in [6.45, 7) is 2.81. The molecule has 1 amide bonds. The first kappa shape index (κ1) is 20.4. The number of halogens is 2. The molecule has 8 heteroatoms. The van der Waals surface area contributed by atoms with E-state index >= 15 is 0 Å². The van der Waals surface area contributed by atoms with Crippen molar-refractivity contribution in [3.8, 4) is 0 Å². The van der Waals surface area contributed by atoms with Gasteiger partial charge in [-0.2, -0.15) is 10.2 Å². The predicted octanol–water partition coefficient (Wildman–Crippen LogP) is 5.15. The second-order valence-corrected chi connectivity index (χ2v) is 8.12. The van der Waals surface area contributed by atoms with E-state index < -0.39 is 0 Å². The van der Waals surface area contributed by atoms with Gasteiger partial charge in [-0.15, -0.1) is 0 Å². The number of aromatic nitrogens is 4. The van der Waals surface area contributed by atoms with Crippen LogP contribution in [0.5, 0.6) is 0 Å². The number of aryl methyl sites for hydroxylation is 1. The lowest BCUT2D eigenvalue weighted by atomic mass is 10.2. The Kier molecular flexibility index (Phi) is 6.01. The summed E-state index contributed by atoms with van der Waals surface area (Å²) in [5.74, 6) is 0.281. The van der Waals surface area contributed by atoms with Crippen molar-refractivity contribution < 1.29 is 4.79 Å². The van der Waals surface area contributed by atoms with E-state index in [1.54, 1.807) is 28.6 Å². The fourth-order valence-corrected chi connectivity index (χ4v) is 3.76. The number of nitrogens with one attached hydrogen (secondary N) is 1. The van der Waals surface area contributed by atoms with Crippen molar-refractivity contribution in [3.05, 3.63) is 98.9 Å². The topological polar surface area (TPSA) is 64.7 Å². The summed E-state index contributed by atoms with van der Waals surface area (Å²) in [7, 11) is 0. The van der Waals surface area contributed by atoms with Crippen LogP contribution < -0.4 is 5.32 Å². The monoisotopic (exact) mass is 483 g/mol. The highest BCUT2D eigenvalue weighted by molar-refractivity contribution is 9.10. The van der Waals surface area contributed by atoms with Gasteiger partial charge >= 0.3 is 0 Å². The number of carbonyl (C=O) groups is 1. The quantitative estimate of drug-likeness (QED) is 0.411. The zero-order valence-electron chi connectivity index (χ0n) is 16.2. The Bertz CT molecular complexity index is 1170. The Morgan fingerprint density at radius 3 is 2.40 bits per heavy atom. The maximum atomic E-state index is 13.0. The molecule has 2 aromatic heterocycles. The molecule has 0 atom stereocenters. The van der Waals surface area contributed by atoms with Gasteiger partial charge in [-0.1, -0.05) is 70.0 Å². The van der Waals surface area contributed by atoms with Crippen LogP contribution in [0.1, 0.15) is 27.2 Å². The van der Waals surface area contributed by atoms with Gasteiger partial charge in [0, 0.05) is 10.5 Å². The van der Waals surface area contributed by atoms with Gasteiger partial charge in [0.2, 0.25) is 0 Å². The summed E-state index contributed by atoms with van der Waals surface area (Å²) in [6.07, 6.45) is 1.65. The van der Waals surface area contributed by atoms with Gasteiger partial charge in [0.15, 0.2) is 0 Å². The van der Waals surface area contributed by atoms with Crippen molar-refractivity contribution in [1.82, 2.24) is 19.6 Å². The highest BCUT2D eigenvalue weighted by Gasteiger charge is 2.21. The summed E-state index contributed by atoms with van der Waals surface area (Å²) in [6, 6.07) is 19.6. The van der Waals surface area contributed by atoms with E-state index in [-0.39, 0.29) is 5.91 Å². The van der Waals surface area contributed by atoms with Crippen LogP contribution in [0.15, 0.2) is 71.3 Å². The highest BCUT2D eigenvalue weighted by Crippen LogP contribution is 2.23. The molecule has 0 saturated heterocycles. The van der Waals surface area contributed by atoms with Crippen LogP contribution in [0, 0.1) is 6.92 Å². The average molecular weight is 485 g/mol. The first-order chi connectivity index (χ1) is 14.5. The van der Waals surface area contributed by atoms with E-state index in [0.717, 1.165) is 15.6 Å². The summed E-state index contributed by atoms with van der Waals surface area (Å²) in [5, 5.41) is 12.0. The number of amides is 1. The van der Waals surface area contributed by atoms with E-state index in [0.29, 0.717) is 35.3 Å². The van der Waals surface area contributed by atoms with Gasteiger partial charge in [-0.05, 0) is 30.2 Å². The summed E-state index contributed by atoms with van der Waals surface area (Å²) in [5.41, 5.74) is 3.07. The van der Waals surface area contributed by atoms with Gasteiger partial charge in [-0.25, -0.2) is 9.36 Å². The number of carbonyl (C=O) groups excluding carboxylic acids is 1. The van der Waals surface area contributed by atoms with Gasteiger partial charge < -0.3 is 5.32 Å². The molecule has 1 N–H and O–H groups in total. The lowest BCUT2D eigenvalue weighted by Crippen LogP contribution is -2.17. The zero-order valence-corrected chi connectivity index (χ0v) is 18.6. The fraction of sp³-hybridized carbons (Fsp3) is 0.136. The van der Waals surface area contributed by atoms with Crippen LogP contribution in [-0.2, 0) is 13.1 Å². The van der Waals surface area contributed by atoms with Crippen LogP contribution in [-0.4, -0.2) is 25.5 Å². The van der Waals surface area contributed by atoms with E-state index in [4.69, 9.17) is 11.6 Å². The molecule has 0 fully saturated rings. The lowest BCUT2D eigenvalue weighted by molar-refractivity contribution is 0.102. The Balaban J connectivity index is 1.52. The van der Waals surface area contributed by atoms with Crippen LogP contribution in [0.3, 0.4) is 0 Å². The van der Waals surface area contributed by atoms with Crippen LogP contribution in [0.4, 0.5) is 5.82 Å². The first-order valence-corrected chi connectivity index (χ1v) is 10.5. The van der Waals surface area contributed by atoms with Crippen molar-refractivity contribution in [2.45, 2.75) is 20.0 Å². The molecule has 0 unspecified atom stereocenters. The Morgan fingerprint density at radius 1 is 1.00 bits per heavy atom. The van der Waals surface area contributed by atoms with Gasteiger partial charge in [-0.3, -0.25) is 4.79 Å². The third-order valence-corrected chi connectivity index (χ3v) is 5.58. The maximum Gasteiger partial charge on any atom is 0.261 e. The van der Waals surface area contributed by atoms with Crippen LogP contribution in [0.2, 0.25) is 5.15 Å². The first-order valence-electron chi connectivity index (χ1n) is 9.35.